The van der Waals surface area contributed by atoms with Gasteiger partial charge in [0.05, 0.1) is 11.6 Å². The number of cyclic esters (lactones) is 1. The number of alkyl carbamates (subject to hydrolysis) is 1. The molecule has 1 saturated heterocycles. The fourth-order valence-corrected chi connectivity index (χ4v) is 2.29. The minimum absolute atomic E-state index is 0.0761. The number of fused-ring (bicyclic) bond motifs is 1. The quantitative estimate of drug-likeness (QED) is 0.802. The van der Waals surface area contributed by atoms with Crippen LogP contribution in [0, 0.1) is 0 Å². The Bertz CT molecular complexity index is 727. The van der Waals surface area contributed by atoms with Crippen molar-refractivity contribution < 1.29 is 24.2 Å². The van der Waals surface area contributed by atoms with Gasteiger partial charge in [0.2, 0.25) is 0 Å². The highest BCUT2D eigenvalue weighted by atomic mass is 35.5. The third-order valence-electron chi connectivity index (χ3n) is 3.08. The van der Waals surface area contributed by atoms with Crippen LogP contribution in [0.5, 0.6) is 5.75 Å². The molecular formula is C13H11ClN2O5. The molecule has 1 unspecified atom stereocenters. The second-order valence-corrected chi connectivity index (χ2v) is 4.98. The lowest BCUT2D eigenvalue weighted by molar-refractivity contribution is 0.0691. The number of carbonyl (C=O) groups is 2. The molecule has 0 bridgehead atoms. The summed E-state index contributed by atoms with van der Waals surface area (Å²) in [5.74, 6) is -0.653. The second-order valence-electron chi connectivity index (χ2n) is 4.58. The van der Waals surface area contributed by atoms with Gasteiger partial charge in [0.1, 0.15) is 18.1 Å². The molecule has 0 spiro atoms. The molecule has 1 fully saturated rings. The largest absolute Gasteiger partial charge is 0.488 e. The molecule has 0 saturated carbocycles. The molecule has 7 nitrogen and oxygen atoms in total. The maximum absolute atomic E-state index is 10.9. The molecule has 3 N–H and O–H groups in total. The zero-order chi connectivity index (χ0) is 15.0. The van der Waals surface area contributed by atoms with Crippen LogP contribution < -0.4 is 10.1 Å². The number of halogens is 1. The van der Waals surface area contributed by atoms with E-state index in [2.05, 4.69) is 10.3 Å². The van der Waals surface area contributed by atoms with Gasteiger partial charge in [0, 0.05) is 17.0 Å². The van der Waals surface area contributed by atoms with E-state index in [4.69, 9.17) is 26.2 Å². The van der Waals surface area contributed by atoms with E-state index < -0.39 is 12.1 Å². The zero-order valence-electron chi connectivity index (χ0n) is 10.7. The SMILES string of the molecule is O=C1NCC(COc2cc3[nH]c(C(=O)O)cc3cc2Cl)O1. The van der Waals surface area contributed by atoms with Crippen LogP contribution in [0.15, 0.2) is 18.2 Å². The fraction of sp³-hybridized carbons (Fsp3) is 0.231. The van der Waals surface area contributed by atoms with Crippen molar-refractivity contribution in [1.29, 1.82) is 0 Å². The summed E-state index contributed by atoms with van der Waals surface area (Å²) in [6.45, 7) is 0.542. The van der Waals surface area contributed by atoms with E-state index in [1.807, 2.05) is 0 Å². The standard InChI is InChI=1S/C13H11ClN2O5/c14-8-1-6-2-10(12(17)18)16-9(6)3-11(8)20-5-7-4-15-13(19)21-7/h1-3,7,16H,4-5H2,(H,15,19)(H,17,18). The Hall–Kier alpha value is -2.41. The average molecular weight is 311 g/mol. The van der Waals surface area contributed by atoms with Gasteiger partial charge >= 0.3 is 12.1 Å². The maximum Gasteiger partial charge on any atom is 0.407 e. The molecule has 1 aliphatic rings. The van der Waals surface area contributed by atoms with Gasteiger partial charge < -0.3 is 24.9 Å². The van der Waals surface area contributed by atoms with Crippen LogP contribution in [0.4, 0.5) is 4.79 Å². The van der Waals surface area contributed by atoms with Crippen molar-refractivity contribution in [2.24, 2.45) is 0 Å². The summed E-state index contributed by atoms with van der Waals surface area (Å²) in [5, 5.41) is 12.5. The molecule has 21 heavy (non-hydrogen) atoms. The molecule has 1 aromatic heterocycles. The number of hydrogen-bond acceptors (Lipinski definition) is 4. The lowest BCUT2D eigenvalue weighted by Gasteiger charge is -2.11. The first kappa shape index (κ1) is 13.6. The van der Waals surface area contributed by atoms with E-state index >= 15 is 0 Å². The van der Waals surface area contributed by atoms with Crippen molar-refractivity contribution in [3.63, 3.8) is 0 Å². The normalized spacial score (nSPS) is 17.6. The van der Waals surface area contributed by atoms with Crippen LogP contribution in [-0.4, -0.2) is 41.4 Å². The van der Waals surface area contributed by atoms with Crippen LogP contribution in [0.2, 0.25) is 5.02 Å². The van der Waals surface area contributed by atoms with Crippen molar-refractivity contribution in [2.45, 2.75) is 6.10 Å². The van der Waals surface area contributed by atoms with Crippen molar-refractivity contribution in [1.82, 2.24) is 10.3 Å². The Morgan fingerprint density at radius 2 is 2.29 bits per heavy atom. The highest BCUT2D eigenvalue weighted by Crippen LogP contribution is 2.30. The monoisotopic (exact) mass is 310 g/mol. The Morgan fingerprint density at radius 1 is 1.48 bits per heavy atom. The van der Waals surface area contributed by atoms with Gasteiger partial charge in [0.15, 0.2) is 6.10 Å². The molecule has 0 radical (unpaired) electrons. The number of rotatable bonds is 4. The van der Waals surface area contributed by atoms with Crippen LogP contribution in [0.25, 0.3) is 10.9 Å². The fourth-order valence-electron chi connectivity index (χ4n) is 2.07. The second kappa shape index (κ2) is 5.17. The van der Waals surface area contributed by atoms with E-state index in [-0.39, 0.29) is 18.4 Å². The molecule has 2 heterocycles. The van der Waals surface area contributed by atoms with Crippen LogP contribution >= 0.6 is 11.6 Å². The van der Waals surface area contributed by atoms with Crippen molar-refractivity contribution in [2.75, 3.05) is 13.2 Å². The topological polar surface area (TPSA) is 101 Å². The molecule has 1 aliphatic heterocycles. The molecule has 8 heteroatoms. The molecule has 2 aromatic rings. The van der Waals surface area contributed by atoms with Gasteiger partial charge in [-0.2, -0.15) is 0 Å². The maximum atomic E-state index is 10.9. The highest BCUT2D eigenvalue weighted by molar-refractivity contribution is 6.32. The van der Waals surface area contributed by atoms with Crippen molar-refractivity contribution in [3.05, 3.63) is 28.9 Å². The Morgan fingerprint density at radius 3 is 2.95 bits per heavy atom. The molecule has 0 aliphatic carbocycles. The van der Waals surface area contributed by atoms with E-state index in [1.165, 1.54) is 6.07 Å². The van der Waals surface area contributed by atoms with Crippen molar-refractivity contribution in [3.8, 4) is 5.75 Å². The smallest absolute Gasteiger partial charge is 0.407 e. The number of aromatic carboxylic acids is 1. The first-order chi connectivity index (χ1) is 10.0. The zero-order valence-corrected chi connectivity index (χ0v) is 11.4. The van der Waals surface area contributed by atoms with Gasteiger partial charge in [-0.25, -0.2) is 9.59 Å². The van der Waals surface area contributed by atoms with E-state index in [0.29, 0.717) is 28.2 Å². The van der Waals surface area contributed by atoms with Gasteiger partial charge in [0.25, 0.3) is 0 Å². The summed E-state index contributed by atoms with van der Waals surface area (Å²) in [6, 6.07) is 4.73. The third-order valence-corrected chi connectivity index (χ3v) is 3.37. The lowest BCUT2D eigenvalue weighted by atomic mass is 10.2. The Kier molecular flexibility index (Phi) is 3.34. The summed E-state index contributed by atoms with van der Waals surface area (Å²) < 4.78 is 10.5. The number of carbonyl (C=O) groups excluding carboxylic acids is 1. The highest BCUT2D eigenvalue weighted by Gasteiger charge is 2.23. The first-order valence-electron chi connectivity index (χ1n) is 6.16. The number of aromatic nitrogens is 1. The summed E-state index contributed by atoms with van der Waals surface area (Å²) >= 11 is 6.10. The minimum Gasteiger partial charge on any atom is -0.488 e. The number of benzene rings is 1. The first-order valence-corrected chi connectivity index (χ1v) is 6.53. The molecule has 110 valence electrons. The molecule has 3 rings (SSSR count). The van der Waals surface area contributed by atoms with Gasteiger partial charge in [-0.05, 0) is 12.1 Å². The van der Waals surface area contributed by atoms with Crippen LogP contribution in [-0.2, 0) is 4.74 Å². The lowest BCUT2D eigenvalue weighted by Crippen LogP contribution is -2.22. The summed E-state index contributed by atoms with van der Waals surface area (Å²) in [6.07, 6.45) is -0.844. The predicted octanol–water partition coefficient (Wildman–Crippen LogP) is 2.01. The average Bonchev–Trinajstić information content (AvgIpc) is 3.02. The summed E-state index contributed by atoms with van der Waals surface area (Å²) in [4.78, 5) is 24.6. The van der Waals surface area contributed by atoms with Crippen molar-refractivity contribution >= 4 is 34.6 Å². The van der Waals surface area contributed by atoms with Crippen LogP contribution in [0.1, 0.15) is 10.5 Å². The van der Waals surface area contributed by atoms with E-state index in [9.17, 15) is 9.59 Å². The number of H-pyrrole nitrogens is 1. The van der Waals surface area contributed by atoms with Gasteiger partial charge in [-0.15, -0.1) is 0 Å². The number of amides is 1. The number of carboxylic acids is 1. The molecule has 1 aromatic carbocycles. The molecule has 1 atom stereocenters. The molecular weight excluding hydrogens is 300 g/mol. The van der Waals surface area contributed by atoms with E-state index in [0.717, 1.165) is 0 Å². The number of ether oxygens (including phenoxy) is 2. The van der Waals surface area contributed by atoms with E-state index in [1.54, 1.807) is 12.1 Å². The van der Waals surface area contributed by atoms with Crippen LogP contribution in [0.3, 0.4) is 0 Å². The van der Waals surface area contributed by atoms with Gasteiger partial charge in [-0.1, -0.05) is 11.6 Å². The number of carboxylic acid groups (broad SMARTS) is 1. The number of nitrogens with one attached hydrogen (secondary N) is 2. The minimum atomic E-state index is -1.05. The number of aromatic amines is 1. The summed E-state index contributed by atoms with van der Waals surface area (Å²) in [5.41, 5.74) is 0.681. The predicted molar refractivity (Wildman–Crippen MR) is 74.0 cm³/mol. The van der Waals surface area contributed by atoms with Gasteiger partial charge in [-0.3, -0.25) is 0 Å². The number of hydrogen-bond donors (Lipinski definition) is 3. The summed E-state index contributed by atoms with van der Waals surface area (Å²) in [7, 11) is 0. The third kappa shape index (κ3) is 2.73. The Labute approximate surface area is 123 Å². The molecule has 1 amide bonds. The Balaban J connectivity index is 1.79.